The Morgan fingerprint density at radius 3 is 3.07 bits per heavy atom. The summed E-state index contributed by atoms with van der Waals surface area (Å²) >= 11 is 0. The molecule has 15 heavy (non-hydrogen) atoms. The van der Waals surface area contributed by atoms with Crippen molar-refractivity contribution >= 4 is 5.91 Å². The Balaban J connectivity index is 2.17. The van der Waals surface area contributed by atoms with Crippen molar-refractivity contribution in [3.05, 3.63) is 30.1 Å². The van der Waals surface area contributed by atoms with E-state index in [4.69, 9.17) is 0 Å². The summed E-state index contributed by atoms with van der Waals surface area (Å²) in [6.07, 6.45) is 8.28. The van der Waals surface area contributed by atoms with Gasteiger partial charge in [-0.3, -0.25) is 9.78 Å². The normalized spacial score (nSPS) is 9.93. The van der Waals surface area contributed by atoms with Gasteiger partial charge in [-0.15, -0.1) is 0 Å². The molecule has 0 saturated carbocycles. The van der Waals surface area contributed by atoms with Crippen molar-refractivity contribution in [1.82, 2.24) is 10.3 Å². The first-order valence-corrected chi connectivity index (χ1v) is 5.40. The molecule has 0 aliphatic heterocycles. The van der Waals surface area contributed by atoms with E-state index < -0.39 is 0 Å². The third-order valence-electron chi connectivity index (χ3n) is 2.17. The number of hydrogen-bond donors (Lipinski definition) is 1. The molecule has 3 nitrogen and oxygen atoms in total. The lowest BCUT2D eigenvalue weighted by molar-refractivity contribution is -0.121. The molecule has 1 radical (unpaired) electrons. The van der Waals surface area contributed by atoms with E-state index in [0.29, 0.717) is 13.0 Å². The standard InChI is InChI=1S/C12H17N2O/c1-2-3-4-7-12(15)14-10-11-6-5-8-13-9-11/h5-6,9H,2-4,7,10H2,1H3,(H,14,15). The van der Waals surface area contributed by atoms with Crippen molar-refractivity contribution < 1.29 is 4.79 Å². The second-order valence-electron chi connectivity index (χ2n) is 3.53. The van der Waals surface area contributed by atoms with Gasteiger partial charge in [0.25, 0.3) is 0 Å². The third-order valence-corrected chi connectivity index (χ3v) is 2.17. The number of unbranched alkanes of at least 4 members (excludes halogenated alkanes) is 2. The molecule has 1 heterocycles. The first-order chi connectivity index (χ1) is 7.33. The van der Waals surface area contributed by atoms with Gasteiger partial charge in [-0.05, 0) is 18.1 Å². The van der Waals surface area contributed by atoms with E-state index in [1.807, 2.05) is 6.07 Å². The average Bonchev–Trinajstić information content (AvgIpc) is 2.28. The van der Waals surface area contributed by atoms with Crippen molar-refractivity contribution in [3.63, 3.8) is 0 Å². The fourth-order valence-electron chi connectivity index (χ4n) is 1.28. The van der Waals surface area contributed by atoms with Gasteiger partial charge in [0.2, 0.25) is 5.91 Å². The Hall–Kier alpha value is -1.38. The zero-order valence-corrected chi connectivity index (χ0v) is 9.12. The van der Waals surface area contributed by atoms with Gasteiger partial charge in [-0.25, -0.2) is 0 Å². The van der Waals surface area contributed by atoms with Crippen LogP contribution in [0, 0.1) is 6.20 Å². The van der Waals surface area contributed by atoms with E-state index in [0.717, 1.165) is 24.8 Å². The molecule has 0 bridgehead atoms. The maximum Gasteiger partial charge on any atom is 0.220 e. The highest BCUT2D eigenvalue weighted by Crippen LogP contribution is 1.99. The highest BCUT2D eigenvalue weighted by Gasteiger charge is 2.00. The number of pyridine rings is 1. The van der Waals surface area contributed by atoms with E-state index in [2.05, 4.69) is 23.4 Å². The number of carbonyl (C=O) groups is 1. The topological polar surface area (TPSA) is 42.0 Å². The minimum atomic E-state index is 0.122. The first-order valence-electron chi connectivity index (χ1n) is 5.40. The van der Waals surface area contributed by atoms with E-state index in [9.17, 15) is 4.79 Å². The molecule has 3 heteroatoms. The number of amides is 1. The summed E-state index contributed by atoms with van der Waals surface area (Å²) in [6.45, 7) is 2.69. The molecule has 1 N–H and O–H groups in total. The van der Waals surface area contributed by atoms with Crippen molar-refractivity contribution in [2.45, 2.75) is 39.2 Å². The largest absolute Gasteiger partial charge is 0.352 e. The Kier molecular flexibility index (Phi) is 5.44. The van der Waals surface area contributed by atoms with Crippen molar-refractivity contribution in [2.75, 3.05) is 0 Å². The van der Waals surface area contributed by atoms with Gasteiger partial charge in [-0.1, -0.05) is 25.8 Å². The molecule has 1 aromatic heterocycles. The Morgan fingerprint density at radius 2 is 2.40 bits per heavy atom. The van der Waals surface area contributed by atoms with E-state index in [1.165, 1.54) is 0 Å². The quantitative estimate of drug-likeness (QED) is 0.722. The smallest absolute Gasteiger partial charge is 0.220 e. The zero-order chi connectivity index (χ0) is 10.9. The lowest BCUT2D eigenvalue weighted by Crippen LogP contribution is -2.22. The minimum absolute atomic E-state index is 0.122. The summed E-state index contributed by atoms with van der Waals surface area (Å²) in [7, 11) is 0. The van der Waals surface area contributed by atoms with E-state index >= 15 is 0 Å². The van der Waals surface area contributed by atoms with Crippen LogP contribution in [0.4, 0.5) is 0 Å². The molecule has 0 unspecified atom stereocenters. The van der Waals surface area contributed by atoms with Crippen LogP contribution < -0.4 is 5.32 Å². The molecule has 0 atom stereocenters. The molecule has 0 aliphatic carbocycles. The molecule has 0 aromatic carbocycles. The van der Waals surface area contributed by atoms with E-state index in [1.54, 1.807) is 12.3 Å². The lowest BCUT2D eigenvalue weighted by Gasteiger charge is -2.04. The molecular formula is C12H17N2O. The van der Waals surface area contributed by atoms with Crippen molar-refractivity contribution in [1.29, 1.82) is 0 Å². The van der Waals surface area contributed by atoms with Crippen LogP contribution in [-0.2, 0) is 11.3 Å². The van der Waals surface area contributed by atoms with Crippen LogP contribution in [0.3, 0.4) is 0 Å². The molecule has 0 aliphatic rings. The van der Waals surface area contributed by atoms with Crippen LogP contribution in [0.2, 0.25) is 0 Å². The maximum absolute atomic E-state index is 11.4. The molecule has 0 saturated heterocycles. The average molecular weight is 205 g/mol. The number of carbonyl (C=O) groups excluding carboxylic acids is 1. The van der Waals surface area contributed by atoms with Gasteiger partial charge in [0.1, 0.15) is 0 Å². The second-order valence-corrected chi connectivity index (χ2v) is 3.53. The molecule has 1 rings (SSSR count). The summed E-state index contributed by atoms with van der Waals surface area (Å²) in [6, 6.07) is 3.65. The monoisotopic (exact) mass is 205 g/mol. The van der Waals surface area contributed by atoms with Gasteiger partial charge in [0, 0.05) is 19.2 Å². The number of hydrogen-bond acceptors (Lipinski definition) is 2. The van der Waals surface area contributed by atoms with Crippen LogP contribution in [-0.4, -0.2) is 10.9 Å². The zero-order valence-electron chi connectivity index (χ0n) is 9.12. The van der Waals surface area contributed by atoms with Crippen molar-refractivity contribution in [2.24, 2.45) is 0 Å². The highest BCUT2D eigenvalue weighted by atomic mass is 16.1. The Labute approximate surface area is 90.9 Å². The predicted molar refractivity (Wildman–Crippen MR) is 59.1 cm³/mol. The number of nitrogens with one attached hydrogen (secondary N) is 1. The van der Waals surface area contributed by atoms with Gasteiger partial charge < -0.3 is 5.32 Å². The summed E-state index contributed by atoms with van der Waals surface area (Å²) < 4.78 is 0. The van der Waals surface area contributed by atoms with Crippen LogP contribution in [0.15, 0.2) is 18.3 Å². The molecule has 0 spiro atoms. The first kappa shape index (κ1) is 11.7. The molecule has 81 valence electrons. The molecule has 0 fully saturated rings. The number of nitrogens with zero attached hydrogens (tertiary/aromatic N) is 1. The summed E-state index contributed by atoms with van der Waals surface area (Å²) in [4.78, 5) is 15.2. The fourth-order valence-corrected chi connectivity index (χ4v) is 1.28. The second kappa shape index (κ2) is 6.98. The third kappa shape index (κ3) is 5.15. The van der Waals surface area contributed by atoms with Crippen LogP contribution in [0.1, 0.15) is 38.2 Å². The van der Waals surface area contributed by atoms with Gasteiger partial charge >= 0.3 is 0 Å². The Bertz CT molecular complexity index is 285. The van der Waals surface area contributed by atoms with Crippen LogP contribution in [0.5, 0.6) is 0 Å². The van der Waals surface area contributed by atoms with Gasteiger partial charge in [0.15, 0.2) is 0 Å². The fraction of sp³-hybridized carbons (Fsp3) is 0.500. The Morgan fingerprint density at radius 1 is 1.53 bits per heavy atom. The SMILES string of the molecule is CCCCCC(=O)NCc1cc[c]nc1. The highest BCUT2D eigenvalue weighted by molar-refractivity contribution is 5.75. The minimum Gasteiger partial charge on any atom is -0.352 e. The predicted octanol–water partition coefficient (Wildman–Crippen LogP) is 2.08. The van der Waals surface area contributed by atoms with Crippen LogP contribution in [0.25, 0.3) is 0 Å². The van der Waals surface area contributed by atoms with Crippen molar-refractivity contribution in [3.8, 4) is 0 Å². The molecule has 1 aromatic rings. The molecular weight excluding hydrogens is 188 g/mol. The van der Waals surface area contributed by atoms with E-state index in [-0.39, 0.29) is 5.91 Å². The van der Waals surface area contributed by atoms with Gasteiger partial charge in [-0.2, -0.15) is 0 Å². The molecule has 1 amide bonds. The number of rotatable bonds is 6. The summed E-state index contributed by atoms with van der Waals surface area (Å²) in [5.74, 6) is 0.122. The van der Waals surface area contributed by atoms with Crippen LogP contribution >= 0.6 is 0 Å². The summed E-state index contributed by atoms with van der Waals surface area (Å²) in [5, 5.41) is 2.87. The summed E-state index contributed by atoms with van der Waals surface area (Å²) in [5.41, 5.74) is 1.01. The van der Waals surface area contributed by atoms with Gasteiger partial charge in [0.05, 0.1) is 6.20 Å². The number of aromatic nitrogens is 1. The lowest BCUT2D eigenvalue weighted by atomic mass is 10.2. The maximum atomic E-state index is 11.4.